The third kappa shape index (κ3) is 2.83. The summed E-state index contributed by atoms with van der Waals surface area (Å²) < 4.78 is 5.73. The minimum Gasteiger partial charge on any atom is -0.374 e. The molecule has 100 valence electrons. The molecule has 1 fully saturated rings. The molecule has 3 rings (SSSR count). The van der Waals surface area contributed by atoms with E-state index in [1.807, 2.05) is 24.3 Å². The normalized spacial score (nSPS) is 20.6. The van der Waals surface area contributed by atoms with E-state index < -0.39 is 0 Å². The third-order valence-electron chi connectivity index (χ3n) is 3.38. The molecule has 0 radical (unpaired) electrons. The minimum absolute atomic E-state index is 0.215. The maximum Gasteiger partial charge on any atom is 0.137 e. The maximum absolute atomic E-state index is 5.73. The van der Waals surface area contributed by atoms with Crippen LogP contribution in [0.5, 0.6) is 0 Å². The molecular weight excluding hydrogens is 240 g/mol. The summed E-state index contributed by atoms with van der Waals surface area (Å²) in [6, 6.07) is 8.01. The highest BCUT2D eigenvalue weighted by molar-refractivity contribution is 5.88. The summed E-state index contributed by atoms with van der Waals surface area (Å²) in [4.78, 5) is 10.9. The second-order valence-corrected chi connectivity index (χ2v) is 4.88. The number of nitrogens with zero attached hydrogens (tertiary/aromatic N) is 3. The number of fused-ring (bicyclic) bond motifs is 1. The number of likely N-dealkylation sites (N-methyl/N-ethyl adjacent to an activating group) is 1. The molecule has 0 spiro atoms. The van der Waals surface area contributed by atoms with Crippen LogP contribution in [0.4, 0.5) is 5.82 Å². The minimum atomic E-state index is 0.215. The Balaban J connectivity index is 1.71. The van der Waals surface area contributed by atoms with E-state index in [1.165, 1.54) is 0 Å². The number of para-hydroxylation sites is 1. The number of hydrogen-bond donors (Lipinski definition) is 1. The molecule has 0 saturated carbocycles. The first-order chi connectivity index (χ1) is 9.33. The second-order valence-electron chi connectivity index (χ2n) is 4.88. The molecule has 0 bridgehead atoms. The highest BCUT2D eigenvalue weighted by Crippen LogP contribution is 2.18. The molecule has 0 aliphatic carbocycles. The summed E-state index contributed by atoms with van der Waals surface area (Å²) in [5.74, 6) is 0.877. The van der Waals surface area contributed by atoms with Gasteiger partial charge in [-0.05, 0) is 19.2 Å². The predicted octanol–water partition coefficient (Wildman–Crippen LogP) is 1.37. The summed E-state index contributed by atoms with van der Waals surface area (Å²) in [6.45, 7) is 3.53. The topological polar surface area (TPSA) is 50.3 Å². The quantitative estimate of drug-likeness (QED) is 0.901. The zero-order chi connectivity index (χ0) is 13.1. The van der Waals surface area contributed by atoms with Crippen LogP contribution in [0.15, 0.2) is 30.6 Å². The SMILES string of the molecule is CN1CCOC(CNc2ncnc3ccccc23)C1. The van der Waals surface area contributed by atoms with Crippen LogP contribution in [0.2, 0.25) is 0 Å². The van der Waals surface area contributed by atoms with Crippen LogP contribution in [0.25, 0.3) is 10.9 Å². The van der Waals surface area contributed by atoms with Crippen molar-refractivity contribution in [1.29, 1.82) is 0 Å². The summed E-state index contributed by atoms with van der Waals surface area (Å²) in [5, 5.41) is 4.43. The largest absolute Gasteiger partial charge is 0.374 e. The second kappa shape index (κ2) is 5.50. The van der Waals surface area contributed by atoms with Gasteiger partial charge in [-0.25, -0.2) is 9.97 Å². The molecule has 5 heteroatoms. The number of hydrogen-bond acceptors (Lipinski definition) is 5. The molecule has 2 heterocycles. The van der Waals surface area contributed by atoms with Crippen LogP contribution in [0, 0.1) is 0 Å². The predicted molar refractivity (Wildman–Crippen MR) is 75.3 cm³/mol. The van der Waals surface area contributed by atoms with E-state index in [0.29, 0.717) is 0 Å². The van der Waals surface area contributed by atoms with Gasteiger partial charge in [0.15, 0.2) is 0 Å². The van der Waals surface area contributed by atoms with E-state index in [9.17, 15) is 0 Å². The Kier molecular flexibility index (Phi) is 3.57. The van der Waals surface area contributed by atoms with Crippen LogP contribution < -0.4 is 5.32 Å². The monoisotopic (exact) mass is 258 g/mol. The fourth-order valence-corrected chi connectivity index (χ4v) is 2.35. The Bertz CT molecular complexity index is 555. The molecule has 1 saturated heterocycles. The van der Waals surface area contributed by atoms with E-state index in [0.717, 1.165) is 43.0 Å². The lowest BCUT2D eigenvalue weighted by atomic mass is 10.2. The van der Waals surface area contributed by atoms with E-state index >= 15 is 0 Å². The van der Waals surface area contributed by atoms with Crippen molar-refractivity contribution in [1.82, 2.24) is 14.9 Å². The Morgan fingerprint density at radius 2 is 2.26 bits per heavy atom. The lowest BCUT2D eigenvalue weighted by molar-refractivity contribution is -0.0117. The molecule has 1 aliphatic rings. The molecular formula is C14H18N4O. The molecule has 1 atom stereocenters. The molecule has 2 aromatic rings. The van der Waals surface area contributed by atoms with Crippen molar-refractivity contribution in [2.24, 2.45) is 0 Å². The zero-order valence-corrected chi connectivity index (χ0v) is 11.0. The van der Waals surface area contributed by atoms with Gasteiger partial charge in [0.1, 0.15) is 12.1 Å². The number of nitrogens with one attached hydrogen (secondary N) is 1. The summed E-state index contributed by atoms with van der Waals surface area (Å²) in [6.07, 6.45) is 1.81. The number of benzene rings is 1. The fraction of sp³-hybridized carbons (Fsp3) is 0.429. The van der Waals surface area contributed by atoms with Gasteiger partial charge in [-0.1, -0.05) is 12.1 Å². The van der Waals surface area contributed by atoms with Crippen LogP contribution in [0.1, 0.15) is 0 Å². The van der Waals surface area contributed by atoms with Crippen molar-refractivity contribution >= 4 is 16.7 Å². The highest BCUT2D eigenvalue weighted by atomic mass is 16.5. The average molecular weight is 258 g/mol. The molecule has 0 amide bonds. The van der Waals surface area contributed by atoms with Crippen LogP contribution in [-0.2, 0) is 4.74 Å². The van der Waals surface area contributed by atoms with Crippen molar-refractivity contribution in [3.8, 4) is 0 Å². The third-order valence-corrected chi connectivity index (χ3v) is 3.38. The number of morpholine rings is 1. The molecule has 19 heavy (non-hydrogen) atoms. The highest BCUT2D eigenvalue weighted by Gasteiger charge is 2.17. The molecule has 5 nitrogen and oxygen atoms in total. The van der Waals surface area contributed by atoms with Crippen molar-refractivity contribution < 1.29 is 4.74 Å². The van der Waals surface area contributed by atoms with E-state index in [2.05, 4.69) is 27.2 Å². The fourth-order valence-electron chi connectivity index (χ4n) is 2.35. The van der Waals surface area contributed by atoms with Gasteiger partial charge in [0.05, 0.1) is 18.2 Å². The first kappa shape index (κ1) is 12.3. The Hall–Kier alpha value is -1.72. The van der Waals surface area contributed by atoms with E-state index in [-0.39, 0.29) is 6.10 Å². The van der Waals surface area contributed by atoms with Crippen molar-refractivity contribution in [3.05, 3.63) is 30.6 Å². The Morgan fingerprint density at radius 1 is 1.37 bits per heavy atom. The molecule has 1 N–H and O–H groups in total. The van der Waals surface area contributed by atoms with Crippen molar-refractivity contribution in [2.75, 3.05) is 38.6 Å². The van der Waals surface area contributed by atoms with Gasteiger partial charge in [0.25, 0.3) is 0 Å². The van der Waals surface area contributed by atoms with Gasteiger partial charge in [-0.2, -0.15) is 0 Å². The molecule has 1 unspecified atom stereocenters. The van der Waals surface area contributed by atoms with E-state index in [4.69, 9.17) is 4.74 Å². The summed E-state index contributed by atoms with van der Waals surface area (Å²) in [7, 11) is 2.12. The van der Waals surface area contributed by atoms with E-state index in [1.54, 1.807) is 6.33 Å². The molecule has 1 aromatic heterocycles. The lowest BCUT2D eigenvalue weighted by Crippen LogP contribution is -2.43. The average Bonchev–Trinajstić information content (AvgIpc) is 2.45. The number of anilines is 1. The standard InChI is InChI=1S/C14H18N4O/c1-18-6-7-19-11(9-18)8-15-14-12-4-2-3-5-13(12)16-10-17-14/h2-5,10-11H,6-9H2,1H3,(H,15,16,17). The number of ether oxygens (including phenoxy) is 1. The van der Waals surface area contributed by atoms with Crippen LogP contribution >= 0.6 is 0 Å². The van der Waals surface area contributed by atoms with Crippen LogP contribution in [-0.4, -0.2) is 54.3 Å². The van der Waals surface area contributed by atoms with Gasteiger partial charge < -0.3 is 15.0 Å². The van der Waals surface area contributed by atoms with Gasteiger partial charge in [-0.15, -0.1) is 0 Å². The summed E-state index contributed by atoms with van der Waals surface area (Å²) in [5.41, 5.74) is 0.960. The maximum atomic E-state index is 5.73. The van der Waals surface area contributed by atoms with Gasteiger partial charge >= 0.3 is 0 Å². The van der Waals surface area contributed by atoms with Gasteiger partial charge in [-0.3, -0.25) is 0 Å². The number of rotatable bonds is 3. The molecule has 1 aromatic carbocycles. The molecule has 1 aliphatic heterocycles. The summed E-state index contributed by atoms with van der Waals surface area (Å²) >= 11 is 0. The smallest absolute Gasteiger partial charge is 0.137 e. The zero-order valence-electron chi connectivity index (χ0n) is 11.0. The van der Waals surface area contributed by atoms with Gasteiger partial charge in [0, 0.05) is 25.0 Å². The first-order valence-electron chi connectivity index (χ1n) is 6.57. The van der Waals surface area contributed by atoms with Gasteiger partial charge in [0.2, 0.25) is 0 Å². The lowest BCUT2D eigenvalue weighted by Gasteiger charge is -2.30. The number of aromatic nitrogens is 2. The Morgan fingerprint density at radius 3 is 3.16 bits per heavy atom. The van der Waals surface area contributed by atoms with Crippen LogP contribution in [0.3, 0.4) is 0 Å². The Labute approximate surface area is 112 Å². The van der Waals surface area contributed by atoms with Crippen molar-refractivity contribution in [2.45, 2.75) is 6.10 Å². The van der Waals surface area contributed by atoms with Crippen molar-refractivity contribution in [3.63, 3.8) is 0 Å². The first-order valence-corrected chi connectivity index (χ1v) is 6.57.